The van der Waals surface area contributed by atoms with Crippen LogP contribution in [-0.4, -0.2) is 22.3 Å². The van der Waals surface area contributed by atoms with Gasteiger partial charge >= 0.3 is 5.69 Å². The van der Waals surface area contributed by atoms with Crippen LogP contribution in [0.3, 0.4) is 0 Å². The molecule has 1 amide bonds. The molecular weight excluding hydrogens is 388 g/mol. The van der Waals surface area contributed by atoms with E-state index in [4.69, 9.17) is 9.47 Å². The lowest BCUT2D eigenvalue weighted by molar-refractivity contribution is 0.102. The van der Waals surface area contributed by atoms with Crippen LogP contribution in [0, 0.1) is 11.6 Å². The lowest BCUT2D eigenvalue weighted by Gasteiger charge is -2.09. The quantitative estimate of drug-likeness (QED) is 0.695. The standard InChI is InChI=1S/C19H13F2N3O5/c20-11-2-3-14(13(21)6-11)23-17(25)12-7-22-19(27)24(18(12)26)8-10-1-4-15-16(5-10)29-9-28-15/h1-7H,8-9H2,(H,22,27)(H,23,25). The number of nitrogens with zero attached hydrogens (tertiary/aromatic N) is 1. The molecule has 4 rings (SSSR count). The van der Waals surface area contributed by atoms with Gasteiger partial charge in [0.1, 0.15) is 17.2 Å². The number of anilines is 1. The summed E-state index contributed by atoms with van der Waals surface area (Å²) in [7, 11) is 0. The van der Waals surface area contributed by atoms with Crippen LogP contribution in [0.5, 0.6) is 11.5 Å². The van der Waals surface area contributed by atoms with Gasteiger partial charge in [0.2, 0.25) is 6.79 Å². The second-order valence-corrected chi connectivity index (χ2v) is 6.16. The van der Waals surface area contributed by atoms with Gasteiger partial charge in [0.25, 0.3) is 11.5 Å². The molecule has 0 saturated carbocycles. The van der Waals surface area contributed by atoms with Gasteiger partial charge in [0.15, 0.2) is 11.5 Å². The molecule has 0 unspecified atom stereocenters. The molecule has 1 aliphatic rings. The molecule has 10 heteroatoms. The average Bonchev–Trinajstić information content (AvgIpc) is 3.15. The Hall–Kier alpha value is -3.95. The lowest BCUT2D eigenvalue weighted by Crippen LogP contribution is -2.39. The number of aromatic amines is 1. The summed E-state index contributed by atoms with van der Waals surface area (Å²) in [6, 6.07) is 7.50. The van der Waals surface area contributed by atoms with E-state index in [9.17, 15) is 23.2 Å². The Morgan fingerprint density at radius 3 is 2.69 bits per heavy atom. The van der Waals surface area contributed by atoms with Gasteiger partial charge < -0.3 is 19.8 Å². The van der Waals surface area contributed by atoms with Gasteiger partial charge in [-0.25, -0.2) is 13.6 Å². The van der Waals surface area contributed by atoms with Crippen molar-refractivity contribution in [2.45, 2.75) is 6.54 Å². The molecule has 0 spiro atoms. The van der Waals surface area contributed by atoms with E-state index < -0.39 is 34.4 Å². The summed E-state index contributed by atoms with van der Waals surface area (Å²) >= 11 is 0. The highest BCUT2D eigenvalue weighted by Gasteiger charge is 2.18. The third kappa shape index (κ3) is 3.59. The van der Waals surface area contributed by atoms with Crippen molar-refractivity contribution in [2.24, 2.45) is 0 Å². The predicted molar refractivity (Wildman–Crippen MR) is 97.3 cm³/mol. The average molecular weight is 401 g/mol. The Morgan fingerprint density at radius 2 is 1.90 bits per heavy atom. The van der Waals surface area contributed by atoms with Crippen LogP contribution in [-0.2, 0) is 6.54 Å². The summed E-state index contributed by atoms with van der Waals surface area (Å²) in [5.41, 5.74) is -1.73. The van der Waals surface area contributed by atoms with Crippen LogP contribution >= 0.6 is 0 Å². The van der Waals surface area contributed by atoms with Crippen molar-refractivity contribution in [1.29, 1.82) is 0 Å². The minimum absolute atomic E-state index is 0.0783. The van der Waals surface area contributed by atoms with E-state index in [1.807, 2.05) is 0 Å². The van der Waals surface area contributed by atoms with Crippen LogP contribution in [0.15, 0.2) is 52.2 Å². The van der Waals surface area contributed by atoms with Crippen molar-refractivity contribution >= 4 is 11.6 Å². The summed E-state index contributed by atoms with van der Waals surface area (Å²) in [5, 5.41) is 2.19. The Kier molecular flexibility index (Phi) is 4.59. The number of amides is 1. The fourth-order valence-electron chi connectivity index (χ4n) is 2.82. The van der Waals surface area contributed by atoms with E-state index in [0.717, 1.165) is 22.9 Å². The van der Waals surface area contributed by atoms with E-state index in [2.05, 4.69) is 10.3 Å². The topological polar surface area (TPSA) is 102 Å². The van der Waals surface area contributed by atoms with Gasteiger partial charge in [-0.3, -0.25) is 14.2 Å². The number of nitrogens with one attached hydrogen (secondary N) is 2. The van der Waals surface area contributed by atoms with Gasteiger partial charge in [-0.15, -0.1) is 0 Å². The van der Waals surface area contributed by atoms with Gasteiger partial charge in [0.05, 0.1) is 12.2 Å². The molecule has 1 aliphatic heterocycles. The van der Waals surface area contributed by atoms with E-state index in [1.54, 1.807) is 18.2 Å². The van der Waals surface area contributed by atoms with Crippen LogP contribution < -0.4 is 26.0 Å². The van der Waals surface area contributed by atoms with Crippen LogP contribution in [0.1, 0.15) is 15.9 Å². The summed E-state index contributed by atoms with van der Waals surface area (Å²) < 4.78 is 38.0. The van der Waals surface area contributed by atoms with E-state index in [-0.39, 0.29) is 19.0 Å². The minimum atomic E-state index is -0.997. The highest BCUT2D eigenvalue weighted by Crippen LogP contribution is 2.32. The smallest absolute Gasteiger partial charge is 0.328 e. The molecular formula is C19H13F2N3O5. The fourth-order valence-corrected chi connectivity index (χ4v) is 2.82. The molecule has 0 aliphatic carbocycles. The predicted octanol–water partition coefficient (Wildman–Crippen LogP) is 1.84. The summed E-state index contributed by atoms with van der Waals surface area (Å²) in [5.74, 6) is -1.73. The Balaban J connectivity index is 1.63. The normalized spacial score (nSPS) is 12.1. The number of rotatable bonds is 4. The molecule has 3 aromatic rings. The zero-order chi connectivity index (χ0) is 20.5. The molecule has 29 heavy (non-hydrogen) atoms. The molecule has 0 atom stereocenters. The van der Waals surface area contributed by atoms with Crippen molar-refractivity contribution in [2.75, 3.05) is 12.1 Å². The number of H-pyrrole nitrogens is 1. The number of hydrogen-bond donors (Lipinski definition) is 2. The van der Waals surface area contributed by atoms with E-state index >= 15 is 0 Å². The van der Waals surface area contributed by atoms with Crippen LogP contribution in [0.25, 0.3) is 0 Å². The molecule has 2 aromatic carbocycles. The summed E-state index contributed by atoms with van der Waals surface area (Å²) in [6.07, 6.45) is 0.942. The lowest BCUT2D eigenvalue weighted by atomic mass is 10.2. The molecule has 0 radical (unpaired) electrons. The monoisotopic (exact) mass is 401 g/mol. The molecule has 1 aromatic heterocycles. The van der Waals surface area contributed by atoms with Gasteiger partial charge in [-0.2, -0.15) is 0 Å². The maximum atomic E-state index is 13.7. The maximum absolute atomic E-state index is 13.7. The second-order valence-electron chi connectivity index (χ2n) is 6.16. The third-order valence-electron chi connectivity index (χ3n) is 4.26. The summed E-state index contributed by atoms with van der Waals surface area (Å²) in [4.78, 5) is 39.5. The highest BCUT2D eigenvalue weighted by atomic mass is 19.1. The molecule has 0 bridgehead atoms. The number of fused-ring (bicyclic) bond motifs is 1. The van der Waals surface area contributed by atoms with Crippen molar-refractivity contribution in [3.63, 3.8) is 0 Å². The first-order valence-corrected chi connectivity index (χ1v) is 8.40. The summed E-state index contributed by atoms with van der Waals surface area (Å²) in [6.45, 7) is -0.0498. The van der Waals surface area contributed by atoms with Gasteiger partial charge in [0, 0.05) is 12.3 Å². The van der Waals surface area contributed by atoms with Crippen molar-refractivity contribution in [1.82, 2.24) is 9.55 Å². The minimum Gasteiger partial charge on any atom is -0.454 e. The second kappa shape index (κ2) is 7.23. The molecule has 2 N–H and O–H groups in total. The van der Waals surface area contributed by atoms with Crippen molar-refractivity contribution < 1.29 is 23.0 Å². The zero-order valence-corrected chi connectivity index (χ0v) is 14.7. The largest absolute Gasteiger partial charge is 0.454 e. The zero-order valence-electron chi connectivity index (χ0n) is 14.7. The Labute approximate surface area is 161 Å². The fraction of sp³-hybridized carbons (Fsp3) is 0.105. The van der Waals surface area contributed by atoms with Crippen LogP contribution in [0.2, 0.25) is 0 Å². The van der Waals surface area contributed by atoms with Crippen LogP contribution in [0.4, 0.5) is 14.5 Å². The van der Waals surface area contributed by atoms with E-state index in [0.29, 0.717) is 23.1 Å². The first-order valence-electron chi connectivity index (χ1n) is 8.40. The first kappa shape index (κ1) is 18.4. The number of hydrogen-bond acceptors (Lipinski definition) is 5. The van der Waals surface area contributed by atoms with E-state index in [1.165, 1.54) is 0 Å². The van der Waals surface area contributed by atoms with Gasteiger partial charge in [-0.05, 0) is 29.8 Å². The van der Waals surface area contributed by atoms with Crippen molar-refractivity contribution in [3.8, 4) is 11.5 Å². The molecule has 148 valence electrons. The number of benzene rings is 2. The van der Waals surface area contributed by atoms with Crippen molar-refractivity contribution in [3.05, 3.63) is 86.2 Å². The molecule has 2 heterocycles. The Morgan fingerprint density at radius 1 is 1.10 bits per heavy atom. The number of ether oxygens (including phenoxy) is 2. The number of carbonyl (C=O) groups is 1. The Bertz CT molecular complexity index is 1240. The highest BCUT2D eigenvalue weighted by molar-refractivity contribution is 6.03. The number of carbonyl (C=O) groups excluding carboxylic acids is 1. The molecule has 0 saturated heterocycles. The maximum Gasteiger partial charge on any atom is 0.328 e. The SMILES string of the molecule is O=C(Nc1ccc(F)cc1F)c1c[nH]c(=O)n(Cc2ccc3c(c2)OCO3)c1=O. The number of aromatic nitrogens is 2. The first-order chi connectivity index (χ1) is 13.9. The molecule has 8 nitrogen and oxygen atoms in total. The van der Waals surface area contributed by atoms with Gasteiger partial charge in [-0.1, -0.05) is 6.07 Å². The molecule has 0 fully saturated rings. The number of halogens is 2. The third-order valence-corrected chi connectivity index (χ3v) is 4.26.